The van der Waals surface area contributed by atoms with Crippen molar-refractivity contribution in [2.75, 3.05) is 19.6 Å². The van der Waals surface area contributed by atoms with Crippen molar-refractivity contribution in [3.63, 3.8) is 0 Å². The zero-order valence-corrected chi connectivity index (χ0v) is 15.9. The Morgan fingerprint density at radius 1 is 1.12 bits per heavy atom. The van der Waals surface area contributed by atoms with Gasteiger partial charge in [0.1, 0.15) is 0 Å². The van der Waals surface area contributed by atoms with Gasteiger partial charge in [-0.15, -0.1) is 0 Å². The van der Waals surface area contributed by atoms with Crippen molar-refractivity contribution in [3.8, 4) is 11.3 Å². The zero-order valence-electron chi connectivity index (χ0n) is 14.2. The minimum atomic E-state index is -0.254. The van der Waals surface area contributed by atoms with Gasteiger partial charge in [0.05, 0.1) is 0 Å². The Morgan fingerprint density at radius 3 is 2.73 bits per heavy atom. The molecule has 2 aliphatic heterocycles. The van der Waals surface area contributed by atoms with Crippen LogP contribution >= 0.6 is 0 Å². The van der Waals surface area contributed by atoms with Crippen LogP contribution in [-0.4, -0.2) is 54.2 Å². The first kappa shape index (κ1) is 16.0. The standard InChI is InChI=1S/C19H18N4O2Se/c24-23(25)15-8-7-14-17-18(13-5-1-2-6-16(13)26-19(15)17)20-22(14)12-11-21-9-3-4-10-21/h1-2,5-8H,3-4,9-12H2. The monoisotopic (exact) mass is 414 g/mol. The van der Waals surface area contributed by atoms with Crippen molar-refractivity contribution >= 4 is 40.5 Å². The summed E-state index contributed by atoms with van der Waals surface area (Å²) in [5, 5.41) is 17.4. The molecule has 0 atom stereocenters. The van der Waals surface area contributed by atoms with Crippen LogP contribution in [0.25, 0.3) is 22.2 Å². The van der Waals surface area contributed by atoms with E-state index < -0.39 is 0 Å². The van der Waals surface area contributed by atoms with E-state index in [0.29, 0.717) is 0 Å². The maximum atomic E-state index is 11.6. The average molecular weight is 413 g/mol. The fourth-order valence-corrected chi connectivity index (χ4v) is 6.44. The van der Waals surface area contributed by atoms with Crippen molar-refractivity contribution in [1.82, 2.24) is 14.7 Å². The van der Waals surface area contributed by atoms with E-state index in [2.05, 4.69) is 17.0 Å². The Bertz CT molecular complexity index is 1020. The molecule has 0 bridgehead atoms. The molecule has 1 aromatic heterocycles. The number of hydrogen-bond acceptors (Lipinski definition) is 4. The van der Waals surface area contributed by atoms with E-state index in [9.17, 15) is 10.1 Å². The molecule has 3 aromatic rings. The van der Waals surface area contributed by atoms with Gasteiger partial charge in [-0.3, -0.25) is 0 Å². The van der Waals surface area contributed by atoms with Gasteiger partial charge >= 0.3 is 157 Å². The quantitative estimate of drug-likeness (QED) is 0.290. The third kappa shape index (κ3) is 2.47. The Labute approximate surface area is 157 Å². The van der Waals surface area contributed by atoms with Gasteiger partial charge in [0.25, 0.3) is 0 Å². The number of fused-ring (bicyclic) bond motifs is 2. The predicted octanol–water partition coefficient (Wildman–Crippen LogP) is 1.68. The number of aromatic nitrogens is 2. The molecule has 0 radical (unpaired) electrons. The number of nitro groups is 1. The van der Waals surface area contributed by atoms with Gasteiger partial charge in [-0.05, 0) is 0 Å². The fourth-order valence-electron chi connectivity index (χ4n) is 3.94. The predicted molar refractivity (Wildman–Crippen MR) is 103 cm³/mol. The Kier molecular flexibility index (Phi) is 3.81. The van der Waals surface area contributed by atoms with Crippen LogP contribution in [0.1, 0.15) is 12.8 Å². The average Bonchev–Trinajstić information content (AvgIpc) is 3.29. The Balaban J connectivity index is 1.66. The van der Waals surface area contributed by atoms with E-state index in [1.807, 2.05) is 22.9 Å². The SMILES string of the molecule is O=[N+]([O-])c1ccc2c3c(nn2CCN2CCCC2)-c2ccccc2[Se]c13. The molecule has 5 rings (SSSR count). The number of benzene rings is 2. The molecule has 2 aromatic carbocycles. The van der Waals surface area contributed by atoms with Crippen molar-refractivity contribution < 1.29 is 4.92 Å². The summed E-state index contributed by atoms with van der Waals surface area (Å²) in [4.78, 5) is 13.8. The molecule has 26 heavy (non-hydrogen) atoms. The zero-order chi connectivity index (χ0) is 17.7. The summed E-state index contributed by atoms with van der Waals surface area (Å²) in [5.41, 5.74) is 3.29. The van der Waals surface area contributed by atoms with Gasteiger partial charge in [-0.25, -0.2) is 0 Å². The van der Waals surface area contributed by atoms with Gasteiger partial charge in [-0.1, -0.05) is 0 Å². The topological polar surface area (TPSA) is 64.2 Å². The molecule has 2 aliphatic rings. The summed E-state index contributed by atoms with van der Waals surface area (Å²) < 4.78 is 4.09. The first-order valence-corrected chi connectivity index (χ1v) is 10.6. The van der Waals surface area contributed by atoms with Crippen LogP contribution in [0.5, 0.6) is 0 Å². The van der Waals surface area contributed by atoms with Crippen LogP contribution in [0.15, 0.2) is 36.4 Å². The Morgan fingerprint density at radius 2 is 1.92 bits per heavy atom. The summed E-state index contributed by atoms with van der Waals surface area (Å²) in [7, 11) is 0. The van der Waals surface area contributed by atoms with Crippen molar-refractivity contribution in [3.05, 3.63) is 46.5 Å². The second kappa shape index (κ2) is 6.20. The maximum absolute atomic E-state index is 11.6. The molecule has 1 saturated heterocycles. The molecule has 132 valence electrons. The van der Waals surface area contributed by atoms with Crippen molar-refractivity contribution in [1.29, 1.82) is 0 Å². The van der Waals surface area contributed by atoms with Gasteiger partial charge in [0.2, 0.25) is 0 Å². The molecule has 0 spiro atoms. The Hall–Kier alpha value is -2.21. The van der Waals surface area contributed by atoms with Crippen LogP contribution in [0.3, 0.4) is 0 Å². The van der Waals surface area contributed by atoms with E-state index in [1.54, 1.807) is 6.07 Å². The first-order chi connectivity index (χ1) is 12.7. The number of rotatable bonds is 4. The van der Waals surface area contributed by atoms with Crippen LogP contribution in [0.4, 0.5) is 5.69 Å². The van der Waals surface area contributed by atoms with Crippen LogP contribution in [0, 0.1) is 10.1 Å². The van der Waals surface area contributed by atoms with Crippen molar-refractivity contribution in [2.45, 2.75) is 19.4 Å². The fraction of sp³-hybridized carbons (Fsp3) is 0.316. The van der Waals surface area contributed by atoms with Crippen LogP contribution in [0.2, 0.25) is 0 Å². The molecule has 0 N–H and O–H groups in total. The molecule has 0 unspecified atom stereocenters. The number of nitrogens with zero attached hydrogens (tertiary/aromatic N) is 4. The van der Waals surface area contributed by atoms with Crippen LogP contribution in [-0.2, 0) is 6.54 Å². The second-order valence-corrected chi connectivity index (χ2v) is 8.99. The number of nitro benzene ring substituents is 1. The second-order valence-electron chi connectivity index (χ2n) is 6.78. The molecule has 7 heteroatoms. The van der Waals surface area contributed by atoms with Gasteiger partial charge in [-0.2, -0.15) is 0 Å². The van der Waals surface area contributed by atoms with E-state index in [1.165, 1.54) is 17.3 Å². The first-order valence-electron chi connectivity index (χ1n) is 8.90. The summed E-state index contributed by atoms with van der Waals surface area (Å²) in [6.45, 7) is 4.13. The molecular weight excluding hydrogens is 395 g/mol. The van der Waals surface area contributed by atoms with E-state index in [-0.39, 0.29) is 25.6 Å². The van der Waals surface area contributed by atoms with E-state index in [0.717, 1.165) is 52.8 Å². The van der Waals surface area contributed by atoms with Gasteiger partial charge < -0.3 is 0 Å². The van der Waals surface area contributed by atoms with Gasteiger partial charge in [0, 0.05) is 0 Å². The molecule has 1 fully saturated rings. The molecule has 3 heterocycles. The number of likely N-dealkylation sites (tertiary alicyclic amines) is 1. The van der Waals surface area contributed by atoms with E-state index >= 15 is 0 Å². The van der Waals surface area contributed by atoms with Crippen molar-refractivity contribution in [2.24, 2.45) is 0 Å². The molecule has 0 amide bonds. The summed E-state index contributed by atoms with van der Waals surface area (Å²) in [6.07, 6.45) is 2.55. The summed E-state index contributed by atoms with van der Waals surface area (Å²) in [5.74, 6) is 0. The molecule has 0 saturated carbocycles. The summed E-state index contributed by atoms with van der Waals surface area (Å²) >= 11 is -0.0751. The van der Waals surface area contributed by atoms with Gasteiger partial charge in [0.15, 0.2) is 0 Å². The molecule has 6 nitrogen and oxygen atoms in total. The van der Waals surface area contributed by atoms with E-state index in [4.69, 9.17) is 5.10 Å². The van der Waals surface area contributed by atoms with Crippen LogP contribution < -0.4 is 8.92 Å². The molecule has 0 aliphatic carbocycles. The third-order valence-electron chi connectivity index (χ3n) is 5.23. The summed E-state index contributed by atoms with van der Waals surface area (Å²) in [6, 6.07) is 11.7. The normalized spacial score (nSPS) is 16.2. The third-order valence-corrected chi connectivity index (χ3v) is 7.73. The minimum absolute atomic E-state index is 0.0751. The number of hydrogen-bond donors (Lipinski definition) is 0. The molecular formula is C19H18N4O2Se.